The van der Waals surface area contributed by atoms with Crippen molar-refractivity contribution in [3.63, 3.8) is 0 Å². The summed E-state index contributed by atoms with van der Waals surface area (Å²) in [5.74, 6) is 1.05. The van der Waals surface area contributed by atoms with Crippen LogP contribution in [0.3, 0.4) is 0 Å². The van der Waals surface area contributed by atoms with Crippen LogP contribution in [-0.2, 0) is 19.3 Å². The van der Waals surface area contributed by atoms with Gasteiger partial charge in [0.2, 0.25) is 5.82 Å². The monoisotopic (exact) mass is 421 g/mol. The van der Waals surface area contributed by atoms with Crippen molar-refractivity contribution in [3.8, 4) is 22.8 Å². The van der Waals surface area contributed by atoms with Crippen LogP contribution in [0.25, 0.3) is 22.8 Å². The van der Waals surface area contributed by atoms with Gasteiger partial charge in [-0.25, -0.2) is 0 Å². The highest BCUT2D eigenvalue weighted by Crippen LogP contribution is 2.39. The fourth-order valence-electron chi connectivity index (χ4n) is 4.63. The summed E-state index contributed by atoms with van der Waals surface area (Å²) in [4.78, 5) is 9.33. The molecule has 31 heavy (non-hydrogen) atoms. The number of fused-ring (bicyclic) bond motifs is 1. The van der Waals surface area contributed by atoms with Crippen LogP contribution in [0.4, 0.5) is 0 Å². The quantitative estimate of drug-likeness (QED) is 0.643. The van der Waals surface area contributed by atoms with Crippen molar-refractivity contribution in [2.75, 3.05) is 6.61 Å². The molecule has 4 rings (SSSR count). The minimum Gasteiger partial charge on any atom is -0.394 e. The first kappa shape index (κ1) is 21.7. The molecule has 0 amide bonds. The minimum atomic E-state index is -0.759. The molecule has 2 N–H and O–H groups in total. The van der Waals surface area contributed by atoms with E-state index in [1.54, 1.807) is 0 Å². The predicted octanol–water partition coefficient (Wildman–Crippen LogP) is 4.13. The first-order chi connectivity index (χ1) is 14.7. The minimum absolute atomic E-state index is 0.249. The Bertz CT molecular complexity index is 1090. The van der Waals surface area contributed by atoms with Gasteiger partial charge in [0, 0.05) is 23.9 Å². The topological polar surface area (TPSA) is 92.3 Å². The molecule has 0 spiro atoms. The summed E-state index contributed by atoms with van der Waals surface area (Å²) in [7, 11) is 0. The number of hydrogen-bond acceptors (Lipinski definition) is 6. The van der Waals surface area contributed by atoms with Gasteiger partial charge in [-0.2, -0.15) is 4.98 Å². The van der Waals surface area contributed by atoms with Crippen molar-refractivity contribution in [2.24, 2.45) is 5.41 Å². The number of nitrogens with zero attached hydrogens (tertiary/aromatic N) is 3. The van der Waals surface area contributed by atoms with Crippen LogP contribution in [0.1, 0.15) is 53.8 Å². The van der Waals surface area contributed by atoms with E-state index in [-0.39, 0.29) is 12.0 Å². The van der Waals surface area contributed by atoms with E-state index in [0.29, 0.717) is 18.1 Å². The van der Waals surface area contributed by atoms with Gasteiger partial charge in [-0.05, 0) is 85.4 Å². The number of aryl methyl sites for hydroxylation is 3. The lowest BCUT2D eigenvalue weighted by molar-refractivity contribution is 0.0953. The van der Waals surface area contributed by atoms with Crippen LogP contribution >= 0.6 is 0 Å². The lowest BCUT2D eigenvalue weighted by Gasteiger charge is -2.32. The van der Waals surface area contributed by atoms with Crippen LogP contribution in [0.5, 0.6) is 0 Å². The van der Waals surface area contributed by atoms with Crippen LogP contribution in [0.2, 0.25) is 0 Å². The lowest BCUT2D eigenvalue weighted by atomic mass is 9.73. The highest BCUT2D eigenvalue weighted by atomic mass is 16.5. The van der Waals surface area contributed by atoms with Gasteiger partial charge in [-0.15, -0.1) is 0 Å². The molecule has 2 aromatic heterocycles. The van der Waals surface area contributed by atoms with Crippen molar-refractivity contribution in [1.82, 2.24) is 15.1 Å². The van der Waals surface area contributed by atoms with Crippen LogP contribution in [0, 0.1) is 26.2 Å². The van der Waals surface area contributed by atoms with E-state index >= 15 is 0 Å². The zero-order chi connectivity index (χ0) is 22.3. The summed E-state index contributed by atoms with van der Waals surface area (Å²) in [6.45, 7) is 10.4. The third kappa shape index (κ3) is 4.27. The molecule has 6 nitrogen and oxygen atoms in total. The molecule has 1 atom stereocenters. The summed E-state index contributed by atoms with van der Waals surface area (Å²) in [6, 6.07) is 4.01. The second kappa shape index (κ2) is 8.17. The molecule has 1 unspecified atom stereocenters. The second-order valence-electron chi connectivity index (χ2n) is 9.61. The van der Waals surface area contributed by atoms with Crippen molar-refractivity contribution in [3.05, 3.63) is 51.8 Å². The number of hydrogen-bond donors (Lipinski definition) is 2. The fraction of sp³-hybridized carbons (Fsp3) is 0.480. The van der Waals surface area contributed by atoms with Crippen molar-refractivity contribution < 1.29 is 14.7 Å². The highest BCUT2D eigenvalue weighted by Gasteiger charge is 2.30. The predicted molar refractivity (Wildman–Crippen MR) is 120 cm³/mol. The Kier molecular flexibility index (Phi) is 5.71. The van der Waals surface area contributed by atoms with Gasteiger partial charge in [0.05, 0.1) is 18.3 Å². The molecule has 0 fully saturated rings. The molecule has 0 saturated carbocycles. The maximum absolute atomic E-state index is 9.83. The molecule has 0 radical (unpaired) electrons. The van der Waals surface area contributed by atoms with E-state index < -0.39 is 6.10 Å². The van der Waals surface area contributed by atoms with Gasteiger partial charge in [0.1, 0.15) is 0 Å². The second-order valence-corrected chi connectivity index (χ2v) is 9.61. The summed E-state index contributed by atoms with van der Waals surface area (Å²) in [5, 5.41) is 23.2. The first-order valence-electron chi connectivity index (χ1n) is 10.9. The third-order valence-electron chi connectivity index (χ3n) is 6.48. The average molecular weight is 422 g/mol. The Morgan fingerprint density at radius 2 is 1.84 bits per heavy atom. The number of aliphatic hydroxyl groups is 2. The number of benzene rings is 1. The molecule has 1 aromatic carbocycles. The van der Waals surface area contributed by atoms with Crippen molar-refractivity contribution in [2.45, 2.75) is 66.4 Å². The van der Waals surface area contributed by atoms with E-state index in [1.165, 1.54) is 11.1 Å². The Hall–Kier alpha value is -2.57. The molecule has 6 heteroatoms. The Morgan fingerprint density at radius 1 is 1.13 bits per heavy atom. The number of pyridine rings is 1. The molecule has 0 aliphatic heterocycles. The van der Waals surface area contributed by atoms with E-state index in [1.807, 2.05) is 32.2 Å². The van der Waals surface area contributed by atoms with Crippen LogP contribution < -0.4 is 0 Å². The van der Waals surface area contributed by atoms with E-state index in [2.05, 4.69) is 30.9 Å². The maximum Gasteiger partial charge on any atom is 0.260 e. The van der Waals surface area contributed by atoms with Gasteiger partial charge in [-0.1, -0.05) is 19.0 Å². The SMILES string of the molecule is Cc1cc(-c2noc(-c3cnc(C)c4c3CCC(C)(C)C4)n2)cc(C)c1CC(O)CO. The molecular formula is C25H31N3O3. The first-order valence-corrected chi connectivity index (χ1v) is 10.9. The van der Waals surface area contributed by atoms with E-state index in [0.717, 1.165) is 52.8 Å². The fourth-order valence-corrected chi connectivity index (χ4v) is 4.63. The summed E-state index contributed by atoms with van der Waals surface area (Å²) in [5.41, 5.74) is 8.86. The zero-order valence-electron chi connectivity index (χ0n) is 19.0. The van der Waals surface area contributed by atoms with Crippen LogP contribution in [-0.4, -0.2) is 38.0 Å². The molecule has 3 aromatic rings. The van der Waals surface area contributed by atoms with Gasteiger partial charge in [0.15, 0.2) is 0 Å². The molecule has 2 heterocycles. The number of rotatable bonds is 5. The van der Waals surface area contributed by atoms with Gasteiger partial charge < -0.3 is 14.7 Å². The van der Waals surface area contributed by atoms with Gasteiger partial charge in [-0.3, -0.25) is 4.98 Å². The molecule has 1 aliphatic carbocycles. The zero-order valence-corrected chi connectivity index (χ0v) is 19.0. The molecule has 164 valence electrons. The van der Waals surface area contributed by atoms with Gasteiger partial charge in [0.25, 0.3) is 5.89 Å². The molecular weight excluding hydrogens is 390 g/mol. The third-order valence-corrected chi connectivity index (χ3v) is 6.48. The van der Waals surface area contributed by atoms with Crippen LogP contribution in [0.15, 0.2) is 22.9 Å². The smallest absolute Gasteiger partial charge is 0.260 e. The maximum atomic E-state index is 9.83. The lowest BCUT2D eigenvalue weighted by Crippen LogP contribution is -2.24. The highest BCUT2D eigenvalue weighted by molar-refractivity contribution is 5.65. The summed E-state index contributed by atoms with van der Waals surface area (Å²) < 4.78 is 5.68. The number of aliphatic hydroxyl groups excluding tert-OH is 2. The number of aromatic nitrogens is 3. The Labute approximate surface area is 183 Å². The summed E-state index contributed by atoms with van der Waals surface area (Å²) in [6.07, 6.45) is 4.64. The largest absolute Gasteiger partial charge is 0.394 e. The Balaban J connectivity index is 1.69. The standard InChI is InChI=1S/C25H31N3O3/c1-14-8-17(9-15(2)20(14)10-18(30)13-29)23-27-24(31-28-23)22-12-26-16(3)21-11-25(4,5)7-6-19(21)22/h8-9,12,18,29-30H,6-7,10-11,13H2,1-5H3. The molecule has 0 saturated heterocycles. The summed E-state index contributed by atoms with van der Waals surface area (Å²) >= 11 is 0. The van der Waals surface area contributed by atoms with E-state index in [4.69, 9.17) is 14.6 Å². The Morgan fingerprint density at radius 3 is 2.52 bits per heavy atom. The van der Waals surface area contributed by atoms with Gasteiger partial charge >= 0.3 is 0 Å². The van der Waals surface area contributed by atoms with Crippen molar-refractivity contribution >= 4 is 0 Å². The van der Waals surface area contributed by atoms with Crippen molar-refractivity contribution in [1.29, 1.82) is 0 Å². The molecule has 1 aliphatic rings. The van der Waals surface area contributed by atoms with E-state index in [9.17, 15) is 5.11 Å². The molecule has 0 bridgehead atoms. The normalized spacial score (nSPS) is 16.2. The average Bonchev–Trinajstić information content (AvgIpc) is 3.20.